The lowest BCUT2D eigenvalue weighted by atomic mass is 9.32. The topological polar surface area (TPSA) is 113 Å². The summed E-state index contributed by atoms with van der Waals surface area (Å²) in [5.74, 6) is -1.50. The maximum absolute atomic E-state index is 15.0. The van der Waals surface area contributed by atoms with Crippen molar-refractivity contribution in [2.24, 2.45) is 73.4 Å². The Bertz CT molecular complexity index is 1820. The van der Waals surface area contributed by atoms with Crippen LogP contribution in [0.2, 0.25) is 0 Å². The van der Waals surface area contributed by atoms with Gasteiger partial charge in [-0.2, -0.15) is 0 Å². The molecule has 56 heavy (non-hydrogen) atoms. The van der Waals surface area contributed by atoms with Crippen molar-refractivity contribution in [3.8, 4) is 0 Å². The second kappa shape index (κ2) is 13.8. The molecule has 8 heteroatoms. The molecule has 0 unspecified atom stereocenters. The van der Waals surface area contributed by atoms with Gasteiger partial charge in [-0.3, -0.25) is 19.2 Å². The van der Waals surface area contributed by atoms with E-state index in [0.29, 0.717) is 24.7 Å². The van der Waals surface area contributed by atoms with E-state index < -0.39 is 54.4 Å². The average molecular weight is 783 g/mol. The Morgan fingerprint density at radius 1 is 0.839 bits per heavy atom. The van der Waals surface area contributed by atoms with E-state index in [4.69, 9.17) is 13.0 Å². The van der Waals surface area contributed by atoms with Crippen molar-refractivity contribution in [2.75, 3.05) is 13.1 Å². The van der Waals surface area contributed by atoms with Gasteiger partial charge < -0.3 is 20.1 Å². The largest absolute Gasteiger partial charge is 0.481 e. The van der Waals surface area contributed by atoms with Gasteiger partial charge in [0.2, 0.25) is 11.8 Å². The van der Waals surface area contributed by atoms with Gasteiger partial charge >= 0.3 is 11.9 Å². The predicted molar refractivity (Wildman–Crippen MR) is 219 cm³/mol. The standard InChI is InChI=1S/C48H76N2O6/c1-29(2)30-17-22-48(40(53)49-35-27-32(43(35,5)6)39(52)50-25-13-12-14-26-50)24-23-46(10)31(38(30)48)15-16-34-45(9)20-19-36(56-37(51)28-42(3,4)41(54)55)44(7,8)33(45)18-21-47(34,46)11/h30-36,38H,1,12-28H2,2-11H3,(H,49,53)(H,54,55)/t30-,31+,32+,33-,34+,35+,36-,38+,45-,46+,47+,48-/m0/s1/i3D3,4D3. The number of carbonyl (C=O) groups is 4. The minimum absolute atomic E-state index is 0.0237. The average Bonchev–Trinajstić information content (AvgIpc) is 3.57. The van der Waals surface area contributed by atoms with Crippen LogP contribution in [0.15, 0.2) is 12.2 Å². The number of esters is 1. The fourth-order valence-electron chi connectivity index (χ4n) is 15.4. The molecule has 1 heterocycles. The summed E-state index contributed by atoms with van der Waals surface area (Å²) < 4.78 is 53.4. The Labute approximate surface area is 346 Å². The Hall–Kier alpha value is -2.38. The number of fused-ring (bicyclic) bond motifs is 7. The van der Waals surface area contributed by atoms with E-state index >= 15 is 4.79 Å². The highest BCUT2D eigenvalue weighted by Gasteiger charge is 2.72. The lowest BCUT2D eigenvalue weighted by Crippen LogP contribution is -2.68. The van der Waals surface area contributed by atoms with E-state index in [1.54, 1.807) is 0 Å². The van der Waals surface area contributed by atoms with Crippen molar-refractivity contribution >= 4 is 23.8 Å². The number of nitrogens with zero attached hydrogens (tertiary/aromatic N) is 1. The molecular formula is C48H76N2O6. The molecule has 0 aromatic carbocycles. The summed E-state index contributed by atoms with van der Waals surface area (Å²) in [4.78, 5) is 56.6. The lowest BCUT2D eigenvalue weighted by molar-refractivity contribution is -0.249. The van der Waals surface area contributed by atoms with Gasteiger partial charge in [0.25, 0.3) is 0 Å². The number of hydrogen-bond acceptors (Lipinski definition) is 5. The van der Waals surface area contributed by atoms with Gasteiger partial charge in [0.1, 0.15) is 6.10 Å². The zero-order chi connectivity index (χ0) is 46.0. The van der Waals surface area contributed by atoms with Crippen LogP contribution in [-0.2, 0) is 23.9 Å². The first-order valence-electron chi connectivity index (χ1n) is 25.2. The number of nitrogens with one attached hydrogen (secondary N) is 1. The van der Waals surface area contributed by atoms with Gasteiger partial charge in [-0.05, 0) is 162 Å². The van der Waals surface area contributed by atoms with Crippen molar-refractivity contribution in [1.82, 2.24) is 10.2 Å². The van der Waals surface area contributed by atoms with Crippen molar-refractivity contribution in [1.29, 1.82) is 0 Å². The first-order chi connectivity index (χ1) is 28.5. The fourth-order valence-corrected chi connectivity index (χ4v) is 15.4. The molecule has 7 aliphatic rings. The van der Waals surface area contributed by atoms with Crippen LogP contribution >= 0.6 is 0 Å². The summed E-state index contributed by atoms with van der Waals surface area (Å²) >= 11 is 0. The number of amides is 2. The molecule has 0 radical (unpaired) electrons. The molecule has 8 nitrogen and oxygen atoms in total. The van der Waals surface area contributed by atoms with Crippen LogP contribution in [0.1, 0.15) is 174 Å². The van der Waals surface area contributed by atoms with Crippen LogP contribution in [0.5, 0.6) is 0 Å². The smallest absolute Gasteiger partial charge is 0.309 e. The van der Waals surface area contributed by atoms with E-state index in [2.05, 4.69) is 67.3 Å². The summed E-state index contributed by atoms with van der Waals surface area (Å²) in [6.07, 6.45) is 10.9. The summed E-state index contributed by atoms with van der Waals surface area (Å²) in [5, 5.41) is 13.6. The van der Waals surface area contributed by atoms with Gasteiger partial charge in [-0.25, -0.2) is 0 Å². The minimum Gasteiger partial charge on any atom is -0.481 e. The number of carboxylic acid groups (broad SMARTS) is 1. The van der Waals surface area contributed by atoms with Crippen molar-refractivity contribution in [2.45, 2.75) is 178 Å². The van der Waals surface area contributed by atoms with E-state index in [1.165, 1.54) is 12.0 Å². The van der Waals surface area contributed by atoms with E-state index in [-0.39, 0.29) is 63.2 Å². The molecule has 6 aliphatic carbocycles. The van der Waals surface area contributed by atoms with Gasteiger partial charge in [-0.1, -0.05) is 60.6 Å². The van der Waals surface area contributed by atoms with Gasteiger partial charge in [0, 0.05) is 38.7 Å². The number of ether oxygens (including phenoxy) is 1. The third-order valence-electron chi connectivity index (χ3n) is 19.0. The zero-order valence-corrected chi connectivity index (χ0v) is 35.8. The second-order valence-electron chi connectivity index (χ2n) is 22.1. The van der Waals surface area contributed by atoms with E-state index in [9.17, 15) is 19.5 Å². The van der Waals surface area contributed by atoms with Gasteiger partial charge in [-0.15, -0.1) is 0 Å². The maximum atomic E-state index is 15.0. The fraction of sp³-hybridized carbons (Fsp3) is 0.875. The quantitative estimate of drug-likeness (QED) is 0.187. The summed E-state index contributed by atoms with van der Waals surface area (Å²) in [5.41, 5.74) is -3.61. The van der Waals surface area contributed by atoms with Crippen molar-refractivity contribution in [3.63, 3.8) is 0 Å². The third kappa shape index (κ3) is 6.07. The van der Waals surface area contributed by atoms with Crippen LogP contribution in [0.4, 0.5) is 0 Å². The molecule has 0 bridgehead atoms. The van der Waals surface area contributed by atoms with Crippen LogP contribution < -0.4 is 5.32 Å². The Morgan fingerprint density at radius 3 is 2.16 bits per heavy atom. The number of carbonyl (C=O) groups excluding carboxylic acids is 3. The third-order valence-corrected chi connectivity index (χ3v) is 19.0. The molecule has 2 N–H and O–H groups in total. The Kier molecular flexibility index (Phi) is 8.53. The molecule has 1 saturated heterocycles. The highest BCUT2D eigenvalue weighted by atomic mass is 16.5. The Morgan fingerprint density at radius 2 is 1.54 bits per heavy atom. The van der Waals surface area contributed by atoms with Crippen LogP contribution in [-0.4, -0.2) is 59.0 Å². The first kappa shape index (κ1) is 34.5. The van der Waals surface area contributed by atoms with Crippen LogP contribution in [0.3, 0.4) is 0 Å². The predicted octanol–water partition coefficient (Wildman–Crippen LogP) is 9.60. The Balaban J connectivity index is 1.10. The summed E-state index contributed by atoms with van der Waals surface area (Å²) in [6, 6.07) is -0.0370. The normalized spacial score (nSPS) is 45.8. The number of allylic oxidation sites excluding steroid dienone is 1. The molecule has 314 valence electrons. The lowest BCUT2D eigenvalue weighted by Gasteiger charge is -2.73. The molecule has 0 aromatic rings. The van der Waals surface area contributed by atoms with E-state index in [0.717, 1.165) is 83.7 Å². The monoisotopic (exact) mass is 783 g/mol. The molecule has 6 saturated carbocycles. The van der Waals surface area contributed by atoms with Crippen molar-refractivity contribution in [3.05, 3.63) is 12.2 Å². The molecule has 2 amide bonds. The summed E-state index contributed by atoms with van der Waals surface area (Å²) in [6.45, 7) is 17.4. The maximum Gasteiger partial charge on any atom is 0.309 e. The van der Waals surface area contributed by atoms with Crippen LogP contribution in [0, 0.1) is 73.4 Å². The number of aliphatic carboxylic acids is 1. The van der Waals surface area contributed by atoms with E-state index in [1.807, 2.05) is 4.90 Å². The molecule has 12 atom stereocenters. The molecule has 1 aliphatic heterocycles. The molecular weight excluding hydrogens is 701 g/mol. The molecule has 7 rings (SSSR count). The number of piperidine rings is 1. The van der Waals surface area contributed by atoms with Crippen LogP contribution in [0.25, 0.3) is 0 Å². The number of hydrogen-bond donors (Lipinski definition) is 2. The SMILES string of the molecule is [2H]C([2H])([2H])C(CC(=O)O[C@H]1CC[C@]2(C)[C@H]3CC[C@@H]4[C@H]5[C@H](C(=C)C)CC[C@]5(C(=O)N[C@@H]5C[C@H](C(=O)N6CCCCC6)C5(C)C)CC[C@@]4(C)[C@]3(C)CC[C@H]2C1(C)C)(C(=O)O)C([2H])([2H])[2H]. The molecule has 7 fully saturated rings. The summed E-state index contributed by atoms with van der Waals surface area (Å²) in [7, 11) is 0. The molecule has 0 spiro atoms. The zero-order valence-electron chi connectivity index (χ0n) is 41.8. The number of likely N-dealkylation sites (tertiary alicyclic amines) is 1. The van der Waals surface area contributed by atoms with Crippen molar-refractivity contribution < 1.29 is 37.2 Å². The highest BCUT2D eigenvalue weighted by molar-refractivity contribution is 5.86. The van der Waals surface area contributed by atoms with Gasteiger partial charge in [0.05, 0.1) is 17.3 Å². The number of rotatable bonds is 8. The number of carboxylic acids is 1. The second-order valence-corrected chi connectivity index (χ2v) is 22.1. The first-order valence-corrected chi connectivity index (χ1v) is 22.2. The molecule has 0 aromatic heterocycles. The minimum atomic E-state index is -3.47. The highest BCUT2D eigenvalue weighted by Crippen LogP contribution is 2.77. The van der Waals surface area contributed by atoms with Gasteiger partial charge in [0.15, 0.2) is 0 Å².